The maximum Gasteiger partial charge on any atom is 0.0553 e. The fourth-order valence-electron chi connectivity index (χ4n) is 2.28. The van der Waals surface area contributed by atoms with Crippen LogP contribution in [-0.2, 0) is 11.8 Å². The molecule has 100 valence electrons. The van der Waals surface area contributed by atoms with Crippen molar-refractivity contribution in [2.45, 2.75) is 11.8 Å². The molecule has 0 heterocycles. The number of aliphatic hydroxyl groups is 2. The second kappa shape index (κ2) is 6.20. The molecule has 19 heavy (non-hydrogen) atoms. The lowest BCUT2D eigenvalue weighted by Crippen LogP contribution is -2.37. The summed E-state index contributed by atoms with van der Waals surface area (Å²) in [5.41, 5.74) is 1.26. The molecule has 0 fully saturated rings. The fourth-order valence-corrected chi connectivity index (χ4v) is 2.49. The van der Waals surface area contributed by atoms with Crippen molar-refractivity contribution in [1.29, 1.82) is 0 Å². The second-order valence-electron chi connectivity index (χ2n) is 4.77. The normalized spacial score (nSPS) is 11.5. The zero-order chi connectivity index (χ0) is 13.7. The number of halogens is 1. The highest BCUT2D eigenvalue weighted by Gasteiger charge is 2.31. The van der Waals surface area contributed by atoms with Crippen molar-refractivity contribution in [2.75, 3.05) is 13.2 Å². The Morgan fingerprint density at radius 1 is 0.895 bits per heavy atom. The number of rotatable bonds is 5. The highest BCUT2D eigenvalue weighted by atomic mass is 35.5. The van der Waals surface area contributed by atoms with Gasteiger partial charge >= 0.3 is 0 Å². The molecule has 0 radical (unpaired) electrons. The van der Waals surface area contributed by atoms with E-state index in [4.69, 9.17) is 11.6 Å². The largest absolute Gasteiger partial charge is 0.395 e. The van der Waals surface area contributed by atoms with Gasteiger partial charge in [0.25, 0.3) is 0 Å². The van der Waals surface area contributed by atoms with E-state index in [0.717, 1.165) is 11.1 Å². The van der Waals surface area contributed by atoms with Crippen LogP contribution in [0.1, 0.15) is 11.1 Å². The molecule has 0 saturated carbocycles. The van der Waals surface area contributed by atoms with Gasteiger partial charge in [0.05, 0.1) is 13.2 Å². The number of hydrogen-bond donors (Lipinski definition) is 2. The van der Waals surface area contributed by atoms with Gasteiger partial charge in [-0.3, -0.25) is 0 Å². The topological polar surface area (TPSA) is 40.5 Å². The van der Waals surface area contributed by atoms with Gasteiger partial charge < -0.3 is 10.2 Å². The molecule has 0 saturated heterocycles. The molecule has 0 aromatic heterocycles. The third kappa shape index (κ3) is 3.16. The van der Waals surface area contributed by atoms with Gasteiger partial charge in [-0.1, -0.05) is 54.1 Å². The van der Waals surface area contributed by atoms with E-state index in [1.807, 2.05) is 54.6 Å². The summed E-state index contributed by atoms with van der Waals surface area (Å²) in [6.45, 7) is -0.222. The van der Waals surface area contributed by atoms with E-state index in [2.05, 4.69) is 0 Å². The summed E-state index contributed by atoms with van der Waals surface area (Å²) in [6, 6.07) is 17.1. The maximum atomic E-state index is 9.77. The molecule has 3 heteroatoms. The van der Waals surface area contributed by atoms with Crippen LogP contribution in [0.5, 0.6) is 0 Å². The molecule has 2 nitrogen and oxygen atoms in total. The van der Waals surface area contributed by atoms with Crippen LogP contribution in [0.15, 0.2) is 54.6 Å². The Labute approximate surface area is 118 Å². The first-order valence-electron chi connectivity index (χ1n) is 6.22. The minimum Gasteiger partial charge on any atom is -0.395 e. The van der Waals surface area contributed by atoms with Gasteiger partial charge in [0.2, 0.25) is 0 Å². The lowest BCUT2D eigenvalue weighted by Gasteiger charge is -2.30. The van der Waals surface area contributed by atoms with Gasteiger partial charge in [-0.25, -0.2) is 0 Å². The summed E-state index contributed by atoms with van der Waals surface area (Å²) < 4.78 is 0. The standard InChI is InChI=1S/C16H17ClO2/c17-15-8-4-5-13(9-15)10-16(11-18,12-19)14-6-2-1-3-7-14/h1-9,18-19H,10-12H2. The van der Waals surface area contributed by atoms with E-state index in [1.165, 1.54) is 0 Å². The Morgan fingerprint density at radius 3 is 2.16 bits per heavy atom. The molecule has 2 aromatic rings. The predicted octanol–water partition coefficient (Wildman–Crippen LogP) is 2.81. The molecular weight excluding hydrogens is 260 g/mol. The van der Waals surface area contributed by atoms with Crippen LogP contribution < -0.4 is 0 Å². The summed E-state index contributed by atoms with van der Waals surface area (Å²) >= 11 is 5.98. The lowest BCUT2D eigenvalue weighted by molar-refractivity contribution is 0.116. The minimum atomic E-state index is -0.675. The number of hydrogen-bond acceptors (Lipinski definition) is 2. The van der Waals surface area contributed by atoms with Crippen LogP contribution in [-0.4, -0.2) is 23.4 Å². The summed E-state index contributed by atoms with van der Waals surface area (Å²) in [6.07, 6.45) is 0.546. The summed E-state index contributed by atoms with van der Waals surface area (Å²) in [7, 11) is 0. The third-order valence-corrected chi connectivity index (χ3v) is 3.66. The number of benzene rings is 2. The van der Waals surface area contributed by atoms with Crippen molar-refractivity contribution >= 4 is 11.6 Å². The predicted molar refractivity (Wildman–Crippen MR) is 77.4 cm³/mol. The molecule has 2 N–H and O–H groups in total. The van der Waals surface area contributed by atoms with Crippen molar-refractivity contribution < 1.29 is 10.2 Å². The lowest BCUT2D eigenvalue weighted by atomic mass is 9.77. The molecule has 2 rings (SSSR count). The third-order valence-electron chi connectivity index (χ3n) is 3.42. The quantitative estimate of drug-likeness (QED) is 0.882. The summed E-state index contributed by atoms with van der Waals surface area (Å²) in [5.74, 6) is 0. The minimum absolute atomic E-state index is 0.111. The Hall–Kier alpha value is -1.35. The Morgan fingerprint density at radius 2 is 1.58 bits per heavy atom. The van der Waals surface area contributed by atoms with Gasteiger partial charge in [0.15, 0.2) is 0 Å². The SMILES string of the molecule is OCC(CO)(Cc1cccc(Cl)c1)c1ccccc1. The smallest absolute Gasteiger partial charge is 0.0553 e. The van der Waals surface area contributed by atoms with E-state index in [1.54, 1.807) is 0 Å². The van der Waals surface area contributed by atoms with E-state index in [0.29, 0.717) is 11.4 Å². The van der Waals surface area contributed by atoms with E-state index >= 15 is 0 Å². The zero-order valence-corrected chi connectivity index (χ0v) is 11.3. The van der Waals surface area contributed by atoms with Gasteiger partial charge in [0.1, 0.15) is 0 Å². The highest BCUT2D eigenvalue weighted by molar-refractivity contribution is 6.30. The summed E-state index contributed by atoms with van der Waals surface area (Å²) in [5, 5.41) is 20.2. The molecule has 0 atom stereocenters. The monoisotopic (exact) mass is 276 g/mol. The second-order valence-corrected chi connectivity index (χ2v) is 5.21. The van der Waals surface area contributed by atoms with Crippen LogP contribution >= 0.6 is 11.6 Å². The Bertz CT molecular complexity index is 521. The van der Waals surface area contributed by atoms with Crippen molar-refractivity contribution in [3.63, 3.8) is 0 Å². The van der Waals surface area contributed by atoms with Crippen LogP contribution in [0.4, 0.5) is 0 Å². The van der Waals surface area contributed by atoms with Crippen molar-refractivity contribution in [1.82, 2.24) is 0 Å². The maximum absolute atomic E-state index is 9.77. The van der Waals surface area contributed by atoms with Crippen molar-refractivity contribution in [3.8, 4) is 0 Å². The van der Waals surface area contributed by atoms with Crippen LogP contribution in [0.3, 0.4) is 0 Å². The molecule has 0 spiro atoms. The zero-order valence-electron chi connectivity index (χ0n) is 10.6. The van der Waals surface area contributed by atoms with Gasteiger partial charge in [0, 0.05) is 10.4 Å². The Kier molecular flexibility index (Phi) is 4.59. The molecule has 0 aliphatic carbocycles. The van der Waals surface area contributed by atoms with Gasteiger partial charge in [-0.15, -0.1) is 0 Å². The van der Waals surface area contributed by atoms with Crippen LogP contribution in [0.2, 0.25) is 5.02 Å². The first kappa shape index (κ1) is 14.1. The van der Waals surface area contributed by atoms with Crippen LogP contribution in [0, 0.1) is 0 Å². The van der Waals surface area contributed by atoms with E-state index in [9.17, 15) is 10.2 Å². The summed E-state index contributed by atoms with van der Waals surface area (Å²) in [4.78, 5) is 0. The Balaban J connectivity index is 2.35. The molecule has 0 aliphatic heterocycles. The van der Waals surface area contributed by atoms with Crippen molar-refractivity contribution in [3.05, 3.63) is 70.7 Å². The molecule has 0 bridgehead atoms. The number of aliphatic hydroxyl groups excluding tert-OH is 2. The average Bonchev–Trinajstić information content (AvgIpc) is 2.46. The molecule has 2 aromatic carbocycles. The highest BCUT2D eigenvalue weighted by Crippen LogP contribution is 2.28. The molecule has 0 aliphatic rings. The first-order chi connectivity index (χ1) is 9.20. The molecule has 0 amide bonds. The first-order valence-corrected chi connectivity index (χ1v) is 6.60. The van der Waals surface area contributed by atoms with Crippen LogP contribution in [0.25, 0.3) is 0 Å². The van der Waals surface area contributed by atoms with Gasteiger partial charge in [-0.05, 0) is 29.7 Å². The van der Waals surface area contributed by atoms with Crippen molar-refractivity contribution in [2.24, 2.45) is 0 Å². The average molecular weight is 277 g/mol. The van der Waals surface area contributed by atoms with E-state index < -0.39 is 5.41 Å². The van der Waals surface area contributed by atoms with Gasteiger partial charge in [-0.2, -0.15) is 0 Å². The molecular formula is C16H17ClO2. The van der Waals surface area contributed by atoms with E-state index in [-0.39, 0.29) is 13.2 Å². The fraction of sp³-hybridized carbons (Fsp3) is 0.250. The molecule has 0 unspecified atom stereocenters.